The average Bonchev–Trinajstić information content (AvgIpc) is 2.45. The Morgan fingerprint density at radius 3 is 1.47 bits per heavy atom. The second kappa shape index (κ2) is 12.9. The van der Waals surface area contributed by atoms with Crippen LogP contribution in [0.25, 0.3) is 0 Å². The summed E-state index contributed by atoms with van der Waals surface area (Å²) in [6.07, 6.45) is 12.3. The normalized spacial score (nSPS) is 16.3. The van der Waals surface area contributed by atoms with Crippen molar-refractivity contribution in [1.29, 1.82) is 0 Å². The first-order chi connectivity index (χ1) is 9.21. The average molecular weight is 270 g/mol. The van der Waals surface area contributed by atoms with Gasteiger partial charge in [-0.1, -0.05) is 79.1 Å². The third-order valence-electron chi connectivity index (χ3n) is 4.49. The number of hydrogen-bond acceptors (Lipinski definition) is 2. The predicted octanol–water partition coefficient (Wildman–Crippen LogP) is 5.66. The molecule has 0 saturated heterocycles. The van der Waals surface area contributed by atoms with Crippen LogP contribution in [0, 0.1) is 17.0 Å². The molecule has 1 N–H and O–H groups in total. The SMILES string of the molecule is CCCCC(CC)CC(CC(CC)CCCC)N[O-]. The molecule has 0 fully saturated rings. The van der Waals surface area contributed by atoms with E-state index < -0.39 is 0 Å². The molecule has 0 radical (unpaired) electrons. The third kappa shape index (κ3) is 9.45. The van der Waals surface area contributed by atoms with E-state index in [-0.39, 0.29) is 6.04 Å². The summed E-state index contributed by atoms with van der Waals surface area (Å²) in [6.45, 7) is 9.01. The summed E-state index contributed by atoms with van der Waals surface area (Å²) in [5, 5.41) is 11.2. The molecule has 0 aliphatic heterocycles. The van der Waals surface area contributed by atoms with E-state index in [0.717, 1.165) is 24.7 Å². The minimum absolute atomic E-state index is 0.184. The Hall–Kier alpha value is -0.0800. The van der Waals surface area contributed by atoms with Crippen LogP contribution in [0.15, 0.2) is 0 Å². The molecule has 0 aliphatic rings. The van der Waals surface area contributed by atoms with Gasteiger partial charge in [-0.15, -0.1) is 0 Å². The Morgan fingerprint density at radius 1 is 0.789 bits per heavy atom. The number of rotatable bonds is 13. The maximum atomic E-state index is 11.2. The van der Waals surface area contributed by atoms with Gasteiger partial charge in [0, 0.05) is 0 Å². The minimum Gasteiger partial charge on any atom is -0.788 e. The van der Waals surface area contributed by atoms with Gasteiger partial charge in [-0.2, -0.15) is 0 Å². The molecule has 2 unspecified atom stereocenters. The zero-order valence-electron chi connectivity index (χ0n) is 13.7. The van der Waals surface area contributed by atoms with Crippen LogP contribution in [-0.4, -0.2) is 6.04 Å². The highest BCUT2D eigenvalue weighted by molar-refractivity contribution is 4.75. The minimum atomic E-state index is 0.184. The lowest BCUT2D eigenvalue weighted by Gasteiger charge is -2.30. The van der Waals surface area contributed by atoms with Crippen molar-refractivity contribution < 1.29 is 0 Å². The van der Waals surface area contributed by atoms with Crippen LogP contribution >= 0.6 is 0 Å². The Morgan fingerprint density at radius 2 is 1.21 bits per heavy atom. The Bertz CT molecular complexity index is 166. The predicted molar refractivity (Wildman–Crippen MR) is 86.1 cm³/mol. The van der Waals surface area contributed by atoms with Gasteiger partial charge in [0.25, 0.3) is 0 Å². The summed E-state index contributed by atoms with van der Waals surface area (Å²) >= 11 is 0. The van der Waals surface area contributed by atoms with Crippen LogP contribution in [-0.2, 0) is 0 Å². The first-order valence-corrected chi connectivity index (χ1v) is 8.59. The fraction of sp³-hybridized carbons (Fsp3) is 1.00. The smallest absolute Gasteiger partial charge is 0.00457 e. The fourth-order valence-corrected chi connectivity index (χ4v) is 2.96. The van der Waals surface area contributed by atoms with Gasteiger partial charge in [0.05, 0.1) is 0 Å². The summed E-state index contributed by atoms with van der Waals surface area (Å²) < 4.78 is 0. The molecule has 0 spiro atoms. The number of nitrogens with one attached hydrogen (secondary N) is 1. The lowest BCUT2D eigenvalue weighted by Crippen LogP contribution is -2.29. The van der Waals surface area contributed by atoms with Crippen LogP contribution in [0.4, 0.5) is 0 Å². The van der Waals surface area contributed by atoms with E-state index in [2.05, 4.69) is 33.2 Å². The number of hydroxylamine groups is 1. The van der Waals surface area contributed by atoms with Gasteiger partial charge in [-0.25, -0.2) is 0 Å². The molecule has 2 atom stereocenters. The molecule has 0 rings (SSSR count). The highest BCUT2D eigenvalue weighted by atomic mass is 16.5. The highest BCUT2D eigenvalue weighted by Gasteiger charge is 2.16. The van der Waals surface area contributed by atoms with E-state index in [4.69, 9.17) is 0 Å². The van der Waals surface area contributed by atoms with E-state index in [9.17, 15) is 5.21 Å². The standard InChI is InChI=1S/C17H36NO/c1-5-9-11-15(7-3)13-17(18-19)14-16(8-4)12-10-6-2/h15-18H,5-14H2,1-4H3/q-1. The van der Waals surface area contributed by atoms with Crippen LogP contribution in [0.2, 0.25) is 0 Å². The monoisotopic (exact) mass is 270 g/mol. The first kappa shape index (κ1) is 18.9. The number of hydrogen-bond donors (Lipinski definition) is 1. The molecule has 2 heteroatoms. The van der Waals surface area contributed by atoms with Crippen LogP contribution in [0.5, 0.6) is 0 Å². The van der Waals surface area contributed by atoms with Crippen molar-refractivity contribution in [3.63, 3.8) is 0 Å². The molecule has 116 valence electrons. The summed E-state index contributed by atoms with van der Waals surface area (Å²) in [5.74, 6) is 1.46. The van der Waals surface area contributed by atoms with Crippen molar-refractivity contribution in [2.45, 2.75) is 97.9 Å². The lowest BCUT2D eigenvalue weighted by atomic mass is 9.86. The summed E-state index contributed by atoms with van der Waals surface area (Å²) in [6, 6.07) is 0.184. The molecule has 19 heavy (non-hydrogen) atoms. The third-order valence-corrected chi connectivity index (χ3v) is 4.49. The van der Waals surface area contributed by atoms with Gasteiger partial charge in [-0.3, -0.25) is 0 Å². The fourth-order valence-electron chi connectivity index (χ4n) is 2.96. The highest BCUT2D eigenvalue weighted by Crippen LogP contribution is 2.25. The summed E-state index contributed by atoms with van der Waals surface area (Å²) in [4.78, 5) is 0. The maximum absolute atomic E-state index is 11.2. The Labute approximate surface area is 121 Å². The molecule has 0 saturated carbocycles. The van der Waals surface area contributed by atoms with Crippen molar-refractivity contribution >= 4 is 0 Å². The molecular formula is C17H36NO-. The van der Waals surface area contributed by atoms with Gasteiger partial charge < -0.3 is 10.7 Å². The number of unbranched alkanes of at least 4 members (excludes halogenated alkanes) is 2. The van der Waals surface area contributed by atoms with Crippen molar-refractivity contribution in [1.82, 2.24) is 5.48 Å². The van der Waals surface area contributed by atoms with Crippen LogP contribution in [0.3, 0.4) is 0 Å². The van der Waals surface area contributed by atoms with E-state index in [1.807, 2.05) is 0 Å². The van der Waals surface area contributed by atoms with Crippen LogP contribution < -0.4 is 5.48 Å². The summed E-state index contributed by atoms with van der Waals surface area (Å²) in [5.41, 5.74) is 2.33. The van der Waals surface area contributed by atoms with Crippen molar-refractivity contribution in [2.24, 2.45) is 11.8 Å². The molecular weight excluding hydrogens is 234 g/mol. The second-order valence-electron chi connectivity index (χ2n) is 6.12. The largest absolute Gasteiger partial charge is 0.788 e. The molecule has 0 heterocycles. The molecule has 0 aliphatic carbocycles. The molecule has 0 aromatic heterocycles. The van der Waals surface area contributed by atoms with Gasteiger partial charge in [0.15, 0.2) is 0 Å². The van der Waals surface area contributed by atoms with Crippen molar-refractivity contribution in [3.8, 4) is 0 Å². The van der Waals surface area contributed by atoms with E-state index in [0.29, 0.717) is 0 Å². The van der Waals surface area contributed by atoms with E-state index in [1.54, 1.807) is 0 Å². The van der Waals surface area contributed by atoms with E-state index in [1.165, 1.54) is 51.4 Å². The topological polar surface area (TPSA) is 35.1 Å². The van der Waals surface area contributed by atoms with Crippen molar-refractivity contribution in [2.75, 3.05) is 0 Å². The quantitative estimate of drug-likeness (QED) is 0.438. The van der Waals surface area contributed by atoms with Crippen molar-refractivity contribution in [3.05, 3.63) is 5.21 Å². The molecule has 0 bridgehead atoms. The van der Waals surface area contributed by atoms with E-state index >= 15 is 0 Å². The zero-order valence-corrected chi connectivity index (χ0v) is 13.7. The van der Waals surface area contributed by atoms with Gasteiger partial charge in [-0.05, 0) is 30.7 Å². The molecule has 0 aromatic carbocycles. The van der Waals surface area contributed by atoms with Gasteiger partial charge >= 0.3 is 0 Å². The second-order valence-corrected chi connectivity index (χ2v) is 6.12. The first-order valence-electron chi connectivity index (χ1n) is 8.59. The Kier molecular flexibility index (Phi) is 12.9. The lowest BCUT2D eigenvalue weighted by molar-refractivity contribution is 0.304. The molecule has 2 nitrogen and oxygen atoms in total. The maximum Gasteiger partial charge on any atom is -0.00457 e. The van der Waals surface area contributed by atoms with Gasteiger partial charge in [0.2, 0.25) is 0 Å². The van der Waals surface area contributed by atoms with Gasteiger partial charge in [0.1, 0.15) is 0 Å². The summed E-state index contributed by atoms with van der Waals surface area (Å²) in [7, 11) is 0. The molecule has 0 amide bonds. The Balaban J connectivity index is 4.14. The zero-order chi connectivity index (χ0) is 14.5. The van der Waals surface area contributed by atoms with Crippen LogP contribution in [0.1, 0.15) is 91.9 Å². The molecule has 0 aromatic rings.